The average molecular weight is 219 g/mol. The molecule has 0 saturated heterocycles. The van der Waals surface area contributed by atoms with E-state index in [1.54, 1.807) is 18.2 Å². The number of benzene rings is 1. The van der Waals surface area contributed by atoms with Crippen molar-refractivity contribution in [2.45, 2.75) is 25.9 Å². The molecule has 16 heavy (non-hydrogen) atoms. The summed E-state index contributed by atoms with van der Waals surface area (Å²) in [6, 6.07) is 5.19. The molecule has 1 aliphatic rings. The Labute approximate surface area is 93.4 Å². The molecule has 0 heterocycles. The molecule has 1 unspecified atom stereocenters. The maximum Gasteiger partial charge on any atom is 0.303 e. The molecule has 84 valence electrons. The molecule has 0 spiro atoms. The molecular formula is C12H13NO3. The maximum atomic E-state index is 11.9. The van der Waals surface area contributed by atoms with Crippen LogP contribution in [0.25, 0.3) is 0 Å². The van der Waals surface area contributed by atoms with E-state index in [9.17, 15) is 9.59 Å². The highest BCUT2D eigenvalue weighted by molar-refractivity contribution is 6.02. The van der Waals surface area contributed by atoms with Crippen LogP contribution in [0.3, 0.4) is 0 Å². The lowest BCUT2D eigenvalue weighted by Crippen LogP contribution is -2.31. The van der Waals surface area contributed by atoms with Gasteiger partial charge in [0.2, 0.25) is 5.78 Å². The van der Waals surface area contributed by atoms with Crippen molar-refractivity contribution in [3.63, 3.8) is 0 Å². The summed E-state index contributed by atoms with van der Waals surface area (Å²) in [6.45, 7) is 1.31. The number of aryl methyl sites for hydroxylation is 1. The minimum atomic E-state index is -0.631. The zero-order valence-corrected chi connectivity index (χ0v) is 9.03. The number of ether oxygens (including phenoxy) is 1. The lowest BCUT2D eigenvalue weighted by atomic mass is 9.88. The van der Waals surface area contributed by atoms with Crippen LogP contribution in [0.1, 0.15) is 29.3 Å². The van der Waals surface area contributed by atoms with E-state index in [4.69, 9.17) is 10.5 Å². The number of nitrogens with two attached hydrogens (primary N) is 1. The van der Waals surface area contributed by atoms with Crippen molar-refractivity contribution >= 4 is 17.4 Å². The molecule has 1 atom stereocenters. The minimum absolute atomic E-state index is 0.128. The Kier molecular flexibility index (Phi) is 2.64. The third kappa shape index (κ3) is 1.91. The van der Waals surface area contributed by atoms with Crippen LogP contribution in [-0.2, 0) is 16.0 Å². The first-order valence-corrected chi connectivity index (χ1v) is 5.18. The normalized spacial score (nSPS) is 19.1. The molecule has 0 aromatic heterocycles. The summed E-state index contributed by atoms with van der Waals surface area (Å²) in [7, 11) is 0. The van der Waals surface area contributed by atoms with E-state index in [1.807, 2.05) is 0 Å². The van der Waals surface area contributed by atoms with Gasteiger partial charge in [0.25, 0.3) is 0 Å². The first-order valence-electron chi connectivity index (χ1n) is 5.18. The molecule has 2 rings (SSSR count). The number of ketones is 1. The number of esters is 1. The first-order chi connectivity index (χ1) is 7.58. The Morgan fingerprint density at radius 3 is 2.94 bits per heavy atom. The lowest BCUT2D eigenvalue weighted by Gasteiger charge is -2.22. The van der Waals surface area contributed by atoms with Gasteiger partial charge < -0.3 is 10.5 Å². The molecule has 4 heteroatoms. The highest BCUT2D eigenvalue weighted by Crippen LogP contribution is 2.25. The molecular weight excluding hydrogens is 206 g/mol. The maximum absolute atomic E-state index is 11.9. The number of carbonyl (C=O) groups is 2. The molecule has 1 aromatic rings. The second-order valence-corrected chi connectivity index (χ2v) is 3.92. The molecule has 4 nitrogen and oxygen atoms in total. The largest absolute Gasteiger partial charge is 0.454 e. The second kappa shape index (κ2) is 3.96. The van der Waals surface area contributed by atoms with Gasteiger partial charge in [0, 0.05) is 18.2 Å². The summed E-state index contributed by atoms with van der Waals surface area (Å²) in [5.74, 6) is -0.548. The average Bonchev–Trinajstić information content (AvgIpc) is 2.22. The second-order valence-electron chi connectivity index (χ2n) is 3.92. The van der Waals surface area contributed by atoms with Gasteiger partial charge in [0.1, 0.15) is 0 Å². The Morgan fingerprint density at radius 1 is 1.50 bits per heavy atom. The molecule has 0 fully saturated rings. The van der Waals surface area contributed by atoms with E-state index in [2.05, 4.69) is 0 Å². The fourth-order valence-corrected chi connectivity index (χ4v) is 1.96. The number of nitrogen functional groups attached to an aromatic ring is 1. The SMILES string of the molecule is CC(=O)OC1CCc2cc(N)ccc2C1=O. The Morgan fingerprint density at radius 2 is 2.25 bits per heavy atom. The molecule has 0 bridgehead atoms. The molecule has 1 aromatic carbocycles. The van der Waals surface area contributed by atoms with Gasteiger partial charge in [-0.05, 0) is 36.6 Å². The van der Waals surface area contributed by atoms with Crippen molar-refractivity contribution in [1.82, 2.24) is 0 Å². The van der Waals surface area contributed by atoms with Gasteiger partial charge in [-0.15, -0.1) is 0 Å². The summed E-state index contributed by atoms with van der Waals surface area (Å²) >= 11 is 0. The van der Waals surface area contributed by atoms with Crippen molar-refractivity contribution in [3.05, 3.63) is 29.3 Å². The molecule has 0 radical (unpaired) electrons. The summed E-state index contributed by atoms with van der Waals surface area (Å²) in [5, 5.41) is 0. The zero-order chi connectivity index (χ0) is 11.7. The van der Waals surface area contributed by atoms with Gasteiger partial charge in [0.15, 0.2) is 6.10 Å². The van der Waals surface area contributed by atoms with Crippen LogP contribution in [0.2, 0.25) is 0 Å². The summed E-state index contributed by atoms with van der Waals surface area (Å²) in [6.07, 6.45) is 0.618. The Balaban J connectivity index is 2.29. The number of Topliss-reactive ketones (excluding diaryl/α,β-unsaturated/α-hetero) is 1. The van der Waals surface area contributed by atoms with Gasteiger partial charge in [-0.1, -0.05) is 0 Å². The van der Waals surface area contributed by atoms with Gasteiger partial charge in [0.05, 0.1) is 0 Å². The van der Waals surface area contributed by atoms with Gasteiger partial charge in [-0.3, -0.25) is 9.59 Å². The molecule has 2 N–H and O–H groups in total. The molecule has 0 aliphatic heterocycles. The van der Waals surface area contributed by atoms with E-state index in [-0.39, 0.29) is 5.78 Å². The minimum Gasteiger partial charge on any atom is -0.454 e. The standard InChI is InChI=1S/C12H13NO3/c1-7(14)16-11-5-2-8-6-9(13)3-4-10(8)12(11)15/h3-4,6,11H,2,5,13H2,1H3. The van der Waals surface area contributed by atoms with Crippen molar-refractivity contribution in [2.75, 3.05) is 5.73 Å². The molecule has 0 saturated carbocycles. The Bertz CT molecular complexity index is 454. The number of fused-ring (bicyclic) bond motifs is 1. The third-order valence-corrected chi connectivity index (χ3v) is 2.67. The number of hydrogen-bond acceptors (Lipinski definition) is 4. The van der Waals surface area contributed by atoms with Crippen molar-refractivity contribution in [3.8, 4) is 0 Å². The van der Waals surface area contributed by atoms with Crippen LogP contribution in [0.15, 0.2) is 18.2 Å². The smallest absolute Gasteiger partial charge is 0.303 e. The summed E-state index contributed by atoms with van der Waals surface area (Å²) in [4.78, 5) is 22.8. The fourth-order valence-electron chi connectivity index (χ4n) is 1.96. The van der Waals surface area contributed by atoms with Crippen molar-refractivity contribution < 1.29 is 14.3 Å². The molecule has 1 aliphatic carbocycles. The highest BCUT2D eigenvalue weighted by Gasteiger charge is 2.29. The quantitative estimate of drug-likeness (QED) is 0.571. The fraction of sp³-hybridized carbons (Fsp3) is 0.333. The Hall–Kier alpha value is -1.84. The highest BCUT2D eigenvalue weighted by atomic mass is 16.5. The van der Waals surface area contributed by atoms with Crippen LogP contribution in [0.4, 0.5) is 5.69 Å². The predicted octanol–water partition coefficient (Wildman–Crippen LogP) is 1.33. The van der Waals surface area contributed by atoms with Crippen LogP contribution in [-0.4, -0.2) is 17.9 Å². The van der Waals surface area contributed by atoms with Crippen LogP contribution < -0.4 is 5.73 Å². The van der Waals surface area contributed by atoms with Crippen molar-refractivity contribution in [1.29, 1.82) is 0 Å². The zero-order valence-electron chi connectivity index (χ0n) is 9.03. The molecule has 0 amide bonds. The summed E-state index contributed by atoms with van der Waals surface area (Å²) < 4.78 is 4.97. The van der Waals surface area contributed by atoms with E-state index in [1.165, 1.54) is 6.92 Å². The van der Waals surface area contributed by atoms with Gasteiger partial charge in [-0.25, -0.2) is 0 Å². The lowest BCUT2D eigenvalue weighted by molar-refractivity contribution is -0.144. The van der Waals surface area contributed by atoms with E-state index >= 15 is 0 Å². The van der Waals surface area contributed by atoms with Crippen LogP contribution in [0.5, 0.6) is 0 Å². The van der Waals surface area contributed by atoms with E-state index in [0.717, 1.165) is 5.56 Å². The number of rotatable bonds is 1. The van der Waals surface area contributed by atoms with E-state index < -0.39 is 12.1 Å². The monoisotopic (exact) mass is 219 g/mol. The third-order valence-electron chi connectivity index (χ3n) is 2.67. The van der Waals surface area contributed by atoms with Crippen LogP contribution in [0, 0.1) is 0 Å². The number of hydrogen-bond donors (Lipinski definition) is 1. The van der Waals surface area contributed by atoms with Gasteiger partial charge >= 0.3 is 5.97 Å². The topological polar surface area (TPSA) is 69.4 Å². The number of anilines is 1. The van der Waals surface area contributed by atoms with Crippen LogP contribution >= 0.6 is 0 Å². The van der Waals surface area contributed by atoms with E-state index in [0.29, 0.717) is 24.1 Å². The van der Waals surface area contributed by atoms with Crippen molar-refractivity contribution in [2.24, 2.45) is 0 Å². The van der Waals surface area contributed by atoms with Gasteiger partial charge in [-0.2, -0.15) is 0 Å². The number of carbonyl (C=O) groups excluding carboxylic acids is 2. The predicted molar refractivity (Wildman–Crippen MR) is 59.1 cm³/mol. The first kappa shape index (κ1) is 10.7. The summed E-state index contributed by atoms with van der Waals surface area (Å²) in [5.41, 5.74) is 7.85.